The van der Waals surface area contributed by atoms with Gasteiger partial charge in [0, 0.05) is 26.3 Å². The second kappa shape index (κ2) is 6.35. The van der Waals surface area contributed by atoms with Gasteiger partial charge >= 0.3 is 6.09 Å². The first kappa shape index (κ1) is 16.0. The number of hydrogen-bond acceptors (Lipinski definition) is 3. The third-order valence-corrected chi connectivity index (χ3v) is 4.34. The van der Waals surface area contributed by atoms with Gasteiger partial charge in [0.05, 0.1) is 5.69 Å². The van der Waals surface area contributed by atoms with E-state index >= 15 is 0 Å². The van der Waals surface area contributed by atoms with Gasteiger partial charge in [-0.3, -0.25) is 9.20 Å². The summed E-state index contributed by atoms with van der Waals surface area (Å²) in [6.45, 7) is 2.90. The molecule has 2 amide bonds. The number of carbonyl (C=O) groups is 2. The Bertz CT molecular complexity index is 825. The predicted octanol–water partition coefficient (Wildman–Crippen LogP) is 2.26. The van der Waals surface area contributed by atoms with Gasteiger partial charge in [-0.2, -0.15) is 0 Å². The summed E-state index contributed by atoms with van der Waals surface area (Å²) in [6.07, 6.45) is 5.21. The standard InChI is InChI=1S/C17H20N4O3/c1-3-14-16(19(2)11-22)21-10-13(4-5-15(21)18-14)12-6-8-20(9-7-12)17(23)24/h4-6,10-11H,3,7-9H2,1-2H3,(H,23,24). The molecule has 1 aliphatic rings. The number of aryl methyl sites for hydroxylation is 1. The van der Waals surface area contributed by atoms with E-state index in [-0.39, 0.29) is 0 Å². The van der Waals surface area contributed by atoms with Crippen molar-refractivity contribution in [3.8, 4) is 0 Å². The van der Waals surface area contributed by atoms with Gasteiger partial charge in [0.15, 0.2) is 0 Å². The Balaban J connectivity index is 2.02. The molecule has 7 heteroatoms. The van der Waals surface area contributed by atoms with E-state index in [4.69, 9.17) is 5.11 Å². The van der Waals surface area contributed by atoms with E-state index in [0.717, 1.165) is 41.1 Å². The van der Waals surface area contributed by atoms with Crippen LogP contribution in [0.25, 0.3) is 11.2 Å². The Morgan fingerprint density at radius 3 is 2.83 bits per heavy atom. The first-order valence-electron chi connectivity index (χ1n) is 7.91. The smallest absolute Gasteiger partial charge is 0.407 e. The molecular weight excluding hydrogens is 308 g/mol. The number of anilines is 1. The number of hydrogen-bond donors (Lipinski definition) is 1. The molecule has 2 aromatic heterocycles. The Labute approximate surface area is 139 Å². The number of rotatable bonds is 4. The quantitative estimate of drug-likeness (QED) is 0.873. The fraction of sp³-hybridized carbons (Fsp3) is 0.353. The number of amides is 2. The van der Waals surface area contributed by atoms with Gasteiger partial charge in [-0.05, 0) is 36.1 Å². The lowest BCUT2D eigenvalue weighted by Gasteiger charge is -2.24. The van der Waals surface area contributed by atoms with Crippen LogP contribution >= 0.6 is 0 Å². The molecule has 0 atom stereocenters. The number of aromatic nitrogens is 2. The summed E-state index contributed by atoms with van der Waals surface area (Å²) in [6, 6.07) is 3.93. The van der Waals surface area contributed by atoms with Gasteiger partial charge < -0.3 is 14.9 Å². The number of pyridine rings is 1. The number of nitrogens with zero attached hydrogens (tertiary/aromatic N) is 4. The third kappa shape index (κ3) is 2.73. The van der Waals surface area contributed by atoms with Gasteiger partial charge in [-0.15, -0.1) is 0 Å². The number of imidazole rings is 1. The summed E-state index contributed by atoms with van der Waals surface area (Å²) in [5.74, 6) is 0.771. The molecule has 0 bridgehead atoms. The molecule has 126 valence electrons. The molecule has 0 aromatic carbocycles. The lowest BCUT2D eigenvalue weighted by atomic mass is 10.0. The minimum absolute atomic E-state index is 0.397. The van der Waals surface area contributed by atoms with Gasteiger partial charge in [-0.25, -0.2) is 9.78 Å². The molecule has 1 N–H and O–H groups in total. The summed E-state index contributed by atoms with van der Waals surface area (Å²) >= 11 is 0. The Kier molecular flexibility index (Phi) is 4.24. The fourth-order valence-electron chi connectivity index (χ4n) is 3.04. The molecule has 0 fully saturated rings. The van der Waals surface area contributed by atoms with Crippen LogP contribution in [0.15, 0.2) is 24.4 Å². The summed E-state index contributed by atoms with van der Waals surface area (Å²) in [7, 11) is 1.72. The van der Waals surface area contributed by atoms with Gasteiger partial charge in [0.1, 0.15) is 11.5 Å². The minimum atomic E-state index is -0.891. The van der Waals surface area contributed by atoms with Crippen molar-refractivity contribution in [2.24, 2.45) is 0 Å². The molecule has 0 saturated heterocycles. The van der Waals surface area contributed by atoms with Crippen LogP contribution in [0.5, 0.6) is 0 Å². The predicted molar refractivity (Wildman–Crippen MR) is 91.2 cm³/mol. The van der Waals surface area contributed by atoms with Crippen LogP contribution in [0, 0.1) is 0 Å². The van der Waals surface area contributed by atoms with Crippen LogP contribution in [-0.4, -0.2) is 52.0 Å². The first-order chi connectivity index (χ1) is 11.5. The molecule has 3 rings (SSSR count). The molecule has 7 nitrogen and oxygen atoms in total. The summed E-state index contributed by atoms with van der Waals surface area (Å²) in [5.41, 5.74) is 3.80. The molecule has 0 spiro atoms. The lowest BCUT2D eigenvalue weighted by molar-refractivity contribution is -0.107. The molecule has 0 aliphatic carbocycles. The summed E-state index contributed by atoms with van der Waals surface area (Å²) in [5, 5.41) is 9.04. The number of fused-ring (bicyclic) bond motifs is 1. The maximum Gasteiger partial charge on any atom is 0.407 e. The number of carboxylic acid groups (broad SMARTS) is 1. The molecule has 24 heavy (non-hydrogen) atoms. The summed E-state index contributed by atoms with van der Waals surface area (Å²) < 4.78 is 1.92. The van der Waals surface area contributed by atoms with Crippen molar-refractivity contribution in [2.75, 3.05) is 25.0 Å². The molecule has 2 aromatic rings. The average molecular weight is 328 g/mol. The highest BCUT2D eigenvalue weighted by Gasteiger charge is 2.19. The zero-order valence-electron chi connectivity index (χ0n) is 13.8. The SMILES string of the molecule is CCc1nc2ccc(C3=CCN(C(=O)O)CC3)cn2c1N(C)C=O. The molecule has 0 unspecified atom stereocenters. The molecule has 1 aliphatic heterocycles. The lowest BCUT2D eigenvalue weighted by Crippen LogP contribution is -2.33. The van der Waals surface area contributed by atoms with Gasteiger partial charge in [-0.1, -0.05) is 13.0 Å². The van der Waals surface area contributed by atoms with E-state index in [1.807, 2.05) is 35.7 Å². The van der Waals surface area contributed by atoms with Crippen LogP contribution in [0.4, 0.5) is 10.6 Å². The molecular formula is C17H20N4O3. The van der Waals surface area contributed by atoms with E-state index in [1.54, 1.807) is 7.05 Å². The van der Waals surface area contributed by atoms with E-state index in [9.17, 15) is 9.59 Å². The van der Waals surface area contributed by atoms with Crippen LogP contribution in [0.3, 0.4) is 0 Å². The van der Waals surface area contributed by atoms with E-state index in [0.29, 0.717) is 19.5 Å². The van der Waals surface area contributed by atoms with E-state index in [2.05, 4.69) is 4.98 Å². The van der Waals surface area contributed by atoms with E-state index in [1.165, 1.54) is 9.80 Å². The summed E-state index contributed by atoms with van der Waals surface area (Å²) in [4.78, 5) is 29.7. The van der Waals surface area contributed by atoms with Gasteiger partial charge in [0.2, 0.25) is 6.41 Å². The monoisotopic (exact) mass is 328 g/mol. The zero-order chi connectivity index (χ0) is 17.3. The Morgan fingerprint density at radius 1 is 1.46 bits per heavy atom. The maximum atomic E-state index is 11.2. The van der Waals surface area contributed by atoms with Gasteiger partial charge in [0.25, 0.3) is 0 Å². The highest BCUT2D eigenvalue weighted by atomic mass is 16.4. The zero-order valence-corrected chi connectivity index (χ0v) is 13.8. The Morgan fingerprint density at radius 2 is 2.25 bits per heavy atom. The van der Waals surface area contributed by atoms with Crippen molar-refractivity contribution in [3.05, 3.63) is 35.7 Å². The van der Waals surface area contributed by atoms with Crippen molar-refractivity contribution in [3.63, 3.8) is 0 Å². The highest BCUT2D eigenvalue weighted by Crippen LogP contribution is 2.27. The maximum absolute atomic E-state index is 11.2. The van der Waals surface area contributed by atoms with Crippen LogP contribution in [0.2, 0.25) is 0 Å². The molecule has 0 radical (unpaired) electrons. The largest absolute Gasteiger partial charge is 0.465 e. The minimum Gasteiger partial charge on any atom is -0.465 e. The van der Waals surface area contributed by atoms with Crippen molar-refractivity contribution in [1.29, 1.82) is 0 Å². The van der Waals surface area contributed by atoms with Crippen LogP contribution in [0.1, 0.15) is 24.6 Å². The second-order valence-corrected chi connectivity index (χ2v) is 5.81. The average Bonchev–Trinajstić information content (AvgIpc) is 2.98. The highest BCUT2D eigenvalue weighted by molar-refractivity contribution is 5.77. The molecule has 0 saturated carbocycles. The fourth-order valence-corrected chi connectivity index (χ4v) is 3.04. The normalized spacial score (nSPS) is 14.6. The van der Waals surface area contributed by atoms with E-state index < -0.39 is 6.09 Å². The van der Waals surface area contributed by atoms with Crippen molar-refractivity contribution in [1.82, 2.24) is 14.3 Å². The van der Waals surface area contributed by atoms with Crippen molar-refractivity contribution in [2.45, 2.75) is 19.8 Å². The third-order valence-electron chi connectivity index (χ3n) is 4.34. The Hall–Kier alpha value is -2.83. The van der Waals surface area contributed by atoms with Crippen molar-refractivity contribution >= 4 is 29.5 Å². The first-order valence-corrected chi connectivity index (χ1v) is 7.91. The number of carbonyl (C=O) groups excluding carboxylic acids is 1. The second-order valence-electron chi connectivity index (χ2n) is 5.81. The van der Waals surface area contributed by atoms with Crippen molar-refractivity contribution < 1.29 is 14.7 Å². The van der Waals surface area contributed by atoms with Crippen LogP contribution in [-0.2, 0) is 11.2 Å². The molecule has 3 heterocycles. The van der Waals surface area contributed by atoms with Crippen LogP contribution < -0.4 is 4.90 Å². The topological polar surface area (TPSA) is 78.2 Å².